The fourth-order valence-electron chi connectivity index (χ4n) is 1.47. The highest BCUT2D eigenvalue weighted by Crippen LogP contribution is 2.09. The number of hydrogen-bond donors (Lipinski definition) is 0. The number of carbonyl (C=O) groups excluding carboxylic acids is 1. The summed E-state index contributed by atoms with van der Waals surface area (Å²) in [6.45, 7) is 3.82. The van der Waals surface area contributed by atoms with E-state index in [1.807, 2.05) is 0 Å². The summed E-state index contributed by atoms with van der Waals surface area (Å²) in [5.74, 6) is 1.22. The lowest BCUT2D eigenvalue weighted by atomic mass is 10.4. The molecule has 2 aromatic rings. The third kappa shape index (κ3) is 2.17. The fourth-order valence-corrected chi connectivity index (χ4v) is 1.47. The zero-order chi connectivity index (χ0) is 12.4. The molecular weight excluding hydrogens is 224 g/mol. The Labute approximate surface area is 97.4 Å². The van der Waals surface area contributed by atoms with Crippen LogP contribution in [0.4, 0.5) is 0 Å². The Bertz CT molecular complexity index is 543. The largest absolute Gasteiger partial charge is 0.464 e. The molecule has 7 heteroatoms. The molecule has 0 unspecified atom stereocenters. The summed E-state index contributed by atoms with van der Waals surface area (Å²) in [5, 5.41) is 3.69. The number of aromatic nitrogens is 4. The second-order valence-corrected chi connectivity index (χ2v) is 3.50. The lowest BCUT2D eigenvalue weighted by Gasteiger charge is -2.05. The van der Waals surface area contributed by atoms with Crippen LogP contribution < -0.4 is 0 Å². The van der Waals surface area contributed by atoms with Crippen LogP contribution >= 0.6 is 0 Å². The van der Waals surface area contributed by atoms with Gasteiger partial charge in [0.2, 0.25) is 5.89 Å². The Morgan fingerprint density at radius 2 is 2.29 bits per heavy atom. The smallest absolute Gasteiger partial charge is 0.356 e. The van der Waals surface area contributed by atoms with Crippen molar-refractivity contribution in [1.82, 2.24) is 19.7 Å². The molecule has 2 aromatic heterocycles. The van der Waals surface area contributed by atoms with E-state index in [0.717, 1.165) is 0 Å². The quantitative estimate of drug-likeness (QED) is 0.730. The number of ether oxygens (including phenoxy) is 1. The molecule has 90 valence electrons. The predicted molar refractivity (Wildman–Crippen MR) is 56.4 cm³/mol. The van der Waals surface area contributed by atoms with E-state index >= 15 is 0 Å². The molecule has 17 heavy (non-hydrogen) atoms. The number of rotatable bonds is 3. The monoisotopic (exact) mass is 236 g/mol. The Morgan fingerprint density at radius 3 is 2.88 bits per heavy atom. The van der Waals surface area contributed by atoms with Crippen LogP contribution in [0, 0.1) is 13.8 Å². The topological polar surface area (TPSA) is 83.0 Å². The summed E-state index contributed by atoms with van der Waals surface area (Å²) >= 11 is 0. The summed E-state index contributed by atoms with van der Waals surface area (Å²) < 4.78 is 11.3. The van der Waals surface area contributed by atoms with Crippen molar-refractivity contribution in [1.29, 1.82) is 0 Å². The molecule has 0 N–H and O–H groups in total. The van der Waals surface area contributed by atoms with Gasteiger partial charge >= 0.3 is 5.97 Å². The normalized spacial score (nSPS) is 10.5. The van der Waals surface area contributed by atoms with E-state index in [-0.39, 0.29) is 0 Å². The number of carbonyl (C=O) groups is 1. The summed E-state index contributed by atoms with van der Waals surface area (Å²) in [6, 6.07) is 0. The second-order valence-electron chi connectivity index (χ2n) is 3.50. The van der Waals surface area contributed by atoms with Crippen LogP contribution in [0.5, 0.6) is 0 Å². The molecule has 0 aliphatic rings. The highest BCUT2D eigenvalue weighted by atomic mass is 16.5. The molecule has 0 amide bonds. The minimum Gasteiger partial charge on any atom is -0.464 e. The molecule has 0 aliphatic carbocycles. The lowest BCUT2D eigenvalue weighted by Crippen LogP contribution is -2.12. The number of imidazole rings is 1. The molecule has 0 aliphatic heterocycles. The van der Waals surface area contributed by atoms with E-state index < -0.39 is 5.97 Å². The summed E-state index contributed by atoms with van der Waals surface area (Å²) in [7, 11) is 1.33. The summed E-state index contributed by atoms with van der Waals surface area (Å²) in [4.78, 5) is 19.6. The van der Waals surface area contributed by atoms with Gasteiger partial charge in [-0.3, -0.25) is 0 Å². The van der Waals surface area contributed by atoms with Crippen LogP contribution in [0.15, 0.2) is 10.7 Å². The molecule has 0 saturated heterocycles. The third-order valence-electron chi connectivity index (χ3n) is 2.31. The van der Waals surface area contributed by atoms with Crippen molar-refractivity contribution < 1.29 is 14.1 Å². The van der Waals surface area contributed by atoms with E-state index in [9.17, 15) is 4.79 Å². The van der Waals surface area contributed by atoms with Crippen molar-refractivity contribution in [2.75, 3.05) is 7.11 Å². The van der Waals surface area contributed by atoms with Crippen molar-refractivity contribution in [3.05, 3.63) is 29.4 Å². The van der Waals surface area contributed by atoms with Gasteiger partial charge in [0.15, 0.2) is 5.82 Å². The maximum Gasteiger partial charge on any atom is 0.356 e. The van der Waals surface area contributed by atoms with Gasteiger partial charge in [-0.2, -0.15) is 4.98 Å². The number of methoxy groups -OCH3 is 1. The first-order valence-corrected chi connectivity index (χ1v) is 5.01. The average molecular weight is 236 g/mol. The van der Waals surface area contributed by atoms with Gasteiger partial charge in [0.25, 0.3) is 0 Å². The Morgan fingerprint density at radius 1 is 1.53 bits per heavy atom. The molecule has 0 fully saturated rings. The molecule has 0 saturated carbocycles. The predicted octanol–water partition coefficient (Wildman–Crippen LogP) is 0.718. The average Bonchev–Trinajstić information content (AvgIpc) is 2.87. The van der Waals surface area contributed by atoms with Gasteiger partial charge in [-0.25, -0.2) is 9.78 Å². The lowest BCUT2D eigenvalue weighted by molar-refractivity contribution is 0.0588. The number of aryl methyl sites for hydroxylation is 2. The first-order valence-electron chi connectivity index (χ1n) is 5.01. The molecule has 2 heterocycles. The van der Waals surface area contributed by atoms with Crippen molar-refractivity contribution in [3.8, 4) is 0 Å². The van der Waals surface area contributed by atoms with E-state index in [1.165, 1.54) is 13.3 Å². The van der Waals surface area contributed by atoms with E-state index in [0.29, 0.717) is 29.8 Å². The van der Waals surface area contributed by atoms with E-state index in [4.69, 9.17) is 4.52 Å². The number of hydrogen-bond acceptors (Lipinski definition) is 6. The van der Waals surface area contributed by atoms with E-state index in [2.05, 4.69) is 19.9 Å². The molecule has 7 nitrogen and oxygen atoms in total. The molecule has 0 radical (unpaired) electrons. The minimum absolute atomic E-state index is 0.303. The Balaban J connectivity index is 2.31. The molecular formula is C10H12N4O3. The van der Waals surface area contributed by atoms with Gasteiger partial charge < -0.3 is 13.8 Å². The zero-order valence-electron chi connectivity index (χ0n) is 9.80. The highest BCUT2D eigenvalue weighted by Gasteiger charge is 2.16. The van der Waals surface area contributed by atoms with Gasteiger partial charge in [0, 0.05) is 0 Å². The molecule has 0 spiro atoms. The maximum absolute atomic E-state index is 11.5. The van der Waals surface area contributed by atoms with Crippen LogP contribution in [0.3, 0.4) is 0 Å². The van der Waals surface area contributed by atoms with Crippen molar-refractivity contribution >= 4 is 5.97 Å². The molecule has 0 aromatic carbocycles. The van der Waals surface area contributed by atoms with Gasteiger partial charge in [0.05, 0.1) is 13.3 Å². The maximum atomic E-state index is 11.5. The van der Waals surface area contributed by atoms with Gasteiger partial charge in [0.1, 0.15) is 18.1 Å². The van der Waals surface area contributed by atoms with Crippen molar-refractivity contribution in [3.63, 3.8) is 0 Å². The summed E-state index contributed by atoms with van der Waals surface area (Å²) in [6.07, 6.45) is 1.46. The van der Waals surface area contributed by atoms with Crippen LogP contribution in [-0.2, 0) is 11.3 Å². The van der Waals surface area contributed by atoms with Crippen LogP contribution in [-0.4, -0.2) is 32.8 Å². The van der Waals surface area contributed by atoms with Crippen LogP contribution in [0.1, 0.15) is 28.0 Å². The first kappa shape index (κ1) is 11.3. The second kappa shape index (κ2) is 4.36. The third-order valence-corrected chi connectivity index (χ3v) is 2.31. The molecule has 0 bridgehead atoms. The van der Waals surface area contributed by atoms with Crippen LogP contribution in [0.25, 0.3) is 0 Å². The minimum atomic E-state index is -0.443. The SMILES string of the molecule is COC(=O)c1cnc(C)n1Cc1nc(C)no1. The molecule has 2 rings (SSSR count). The van der Waals surface area contributed by atoms with Crippen LogP contribution in [0.2, 0.25) is 0 Å². The van der Waals surface area contributed by atoms with Crippen molar-refractivity contribution in [2.45, 2.75) is 20.4 Å². The first-order chi connectivity index (χ1) is 8.11. The van der Waals surface area contributed by atoms with Crippen molar-refractivity contribution in [2.24, 2.45) is 0 Å². The number of esters is 1. The number of nitrogens with zero attached hydrogens (tertiary/aromatic N) is 4. The van der Waals surface area contributed by atoms with Gasteiger partial charge in [-0.15, -0.1) is 0 Å². The Kier molecular flexibility index (Phi) is 2.90. The van der Waals surface area contributed by atoms with Gasteiger partial charge in [-0.1, -0.05) is 5.16 Å². The van der Waals surface area contributed by atoms with E-state index in [1.54, 1.807) is 18.4 Å². The Hall–Kier alpha value is -2.18. The zero-order valence-corrected chi connectivity index (χ0v) is 9.80. The van der Waals surface area contributed by atoms with Gasteiger partial charge in [-0.05, 0) is 13.8 Å². The highest BCUT2D eigenvalue weighted by molar-refractivity contribution is 5.87. The fraction of sp³-hybridized carbons (Fsp3) is 0.400. The molecule has 0 atom stereocenters. The standard InChI is InChI=1S/C10H12N4O3/c1-6-12-9(17-13-6)5-14-7(2)11-4-8(14)10(15)16-3/h4H,5H2,1-3H3. The summed E-state index contributed by atoms with van der Waals surface area (Å²) in [5.41, 5.74) is 0.362.